The van der Waals surface area contributed by atoms with Gasteiger partial charge < -0.3 is 21.1 Å². The van der Waals surface area contributed by atoms with Crippen LogP contribution >= 0.6 is 0 Å². The Kier molecular flexibility index (Phi) is 5.67. The molecule has 150 valence electrons. The van der Waals surface area contributed by atoms with Crippen molar-refractivity contribution in [2.24, 2.45) is 5.73 Å². The molecule has 2 heterocycles. The summed E-state index contributed by atoms with van der Waals surface area (Å²) in [7, 11) is 0. The van der Waals surface area contributed by atoms with Crippen molar-refractivity contribution >= 4 is 16.8 Å². The maximum Gasteiger partial charge on any atom is 0.248 e. The van der Waals surface area contributed by atoms with Crippen molar-refractivity contribution in [3.8, 4) is 5.75 Å². The smallest absolute Gasteiger partial charge is 0.248 e. The topological polar surface area (TPSA) is 91.1 Å². The first kappa shape index (κ1) is 19.3. The first-order chi connectivity index (χ1) is 14.1. The van der Waals surface area contributed by atoms with Gasteiger partial charge in [-0.2, -0.15) is 0 Å². The second-order valence-electron chi connectivity index (χ2n) is 7.74. The van der Waals surface area contributed by atoms with Crippen LogP contribution < -0.4 is 11.1 Å². The molecule has 0 saturated carbocycles. The molecule has 5 nitrogen and oxygen atoms in total. The maximum atomic E-state index is 11.3. The molecule has 0 fully saturated rings. The zero-order valence-corrected chi connectivity index (χ0v) is 16.4. The van der Waals surface area contributed by atoms with E-state index in [4.69, 9.17) is 5.73 Å². The number of carbonyl (C=O) groups excluding carboxylic acids is 1. The number of carbonyl (C=O) groups is 1. The Balaban J connectivity index is 1.35. The fourth-order valence-electron chi connectivity index (χ4n) is 4.24. The van der Waals surface area contributed by atoms with Crippen LogP contribution in [0.5, 0.6) is 5.75 Å². The summed E-state index contributed by atoms with van der Waals surface area (Å²) in [5, 5.41) is 14.3. The highest BCUT2D eigenvalue weighted by Crippen LogP contribution is 2.28. The number of aromatic hydroxyl groups is 1. The maximum absolute atomic E-state index is 11.3. The van der Waals surface area contributed by atoms with Crippen LogP contribution in [0.3, 0.4) is 0 Å². The number of rotatable bonds is 7. The second-order valence-corrected chi connectivity index (χ2v) is 7.74. The van der Waals surface area contributed by atoms with Crippen LogP contribution in [-0.4, -0.2) is 28.6 Å². The summed E-state index contributed by atoms with van der Waals surface area (Å²) in [4.78, 5) is 14.6. The van der Waals surface area contributed by atoms with Gasteiger partial charge in [0.2, 0.25) is 5.91 Å². The Hall–Kier alpha value is -3.05. The highest BCUT2D eigenvalue weighted by molar-refractivity contribution is 5.97. The molecular formula is C24H27N3O2. The fraction of sp³-hybridized carbons (Fsp3) is 0.292. The number of phenols is 1. The minimum atomic E-state index is -0.403. The first-order valence-electron chi connectivity index (χ1n) is 10.2. The molecule has 2 unspecified atom stereocenters. The Morgan fingerprint density at radius 1 is 1.14 bits per heavy atom. The van der Waals surface area contributed by atoms with E-state index in [9.17, 15) is 9.90 Å². The SMILES string of the molecule is NC(=O)c1ccc2c(CCCCC3NCC=CC3c3ccc(O)cc3)c[nH]c2c1. The number of aromatic amines is 1. The molecule has 1 aliphatic rings. The van der Waals surface area contributed by atoms with Crippen molar-refractivity contribution in [2.45, 2.75) is 37.6 Å². The van der Waals surface area contributed by atoms with Crippen LogP contribution in [0.2, 0.25) is 0 Å². The Morgan fingerprint density at radius 3 is 2.76 bits per heavy atom. The van der Waals surface area contributed by atoms with Gasteiger partial charge in [-0.1, -0.05) is 36.8 Å². The highest BCUT2D eigenvalue weighted by Gasteiger charge is 2.22. The lowest BCUT2D eigenvalue weighted by atomic mass is 9.86. The first-order valence-corrected chi connectivity index (χ1v) is 10.2. The fourth-order valence-corrected chi connectivity index (χ4v) is 4.24. The number of H-pyrrole nitrogens is 1. The number of unbranched alkanes of at least 4 members (excludes halogenated alkanes) is 1. The monoisotopic (exact) mass is 389 g/mol. The number of phenolic OH excluding ortho intramolecular Hbond substituents is 1. The van der Waals surface area contributed by atoms with E-state index >= 15 is 0 Å². The lowest BCUT2D eigenvalue weighted by Gasteiger charge is -2.29. The summed E-state index contributed by atoms with van der Waals surface area (Å²) in [6, 6.07) is 13.5. The van der Waals surface area contributed by atoms with E-state index in [0.717, 1.165) is 43.1 Å². The number of primary amides is 1. The summed E-state index contributed by atoms with van der Waals surface area (Å²) in [6.07, 6.45) is 10.8. The van der Waals surface area contributed by atoms with Crippen molar-refractivity contribution in [1.29, 1.82) is 0 Å². The predicted octanol–water partition coefficient (Wildman–Crippen LogP) is 4.00. The molecule has 0 radical (unpaired) electrons. The molecular weight excluding hydrogens is 362 g/mol. The average Bonchev–Trinajstić information content (AvgIpc) is 3.14. The van der Waals surface area contributed by atoms with Crippen LogP contribution in [-0.2, 0) is 6.42 Å². The molecule has 3 aromatic rings. The number of hydrogen-bond donors (Lipinski definition) is 4. The molecule has 2 aromatic carbocycles. The molecule has 4 rings (SSSR count). The molecule has 1 aliphatic heterocycles. The quantitative estimate of drug-likeness (QED) is 0.364. The van der Waals surface area contributed by atoms with E-state index < -0.39 is 5.91 Å². The number of hydrogen-bond acceptors (Lipinski definition) is 3. The molecule has 0 bridgehead atoms. The molecule has 2 atom stereocenters. The summed E-state index contributed by atoms with van der Waals surface area (Å²) in [5.41, 5.74) is 9.37. The number of nitrogens with two attached hydrogens (primary N) is 1. The van der Waals surface area contributed by atoms with E-state index in [0.29, 0.717) is 23.3 Å². The van der Waals surface area contributed by atoms with Gasteiger partial charge in [0.05, 0.1) is 0 Å². The van der Waals surface area contributed by atoms with E-state index in [1.807, 2.05) is 30.5 Å². The lowest BCUT2D eigenvalue weighted by molar-refractivity contribution is 0.100. The predicted molar refractivity (Wildman–Crippen MR) is 116 cm³/mol. The number of aromatic nitrogens is 1. The lowest BCUT2D eigenvalue weighted by Crippen LogP contribution is -2.37. The van der Waals surface area contributed by atoms with Crippen LogP contribution in [0, 0.1) is 0 Å². The molecule has 5 heteroatoms. The van der Waals surface area contributed by atoms with Gasteiger partial charge in [-0.3, -0.25) is 4.79 Å². The third kappa shape index (κ3) is 4.35. The Labute approximate surface area is 170 Å². The molecule has 0 saturated heterocycles. The average molecular weight is 389 g/mol. The largest absolute Gasteiger partial charge is 0.508 e. The molecule has 1 aromatic heterocycles. The van der Waals surface area contributed by atoms with E-state index in [-0.39, 0.29) is 0 Å². The summed E-state index contributed by atoms with van der Waals surface area (Å²) in [6.45, 7) is 0.907. The standard InChI is InChI=1S/C24H27N3O2/c25-24(29)17-9-12-21-18(15-27-23(21)14-17)4-1-2-6-22-20(5-3-13-26-22)16-7-10-19(28)11-8-16/h3,5,7-12,14-15,20,22,26-28H,1-2,4,6,13H2,(H2,25,29). The second kappa shape index (κ2) is 8.53. The number of fused-ring (bicyclic) bond motifs is 1. The van der Waals surface area contributed by atoms with Crippen molar-refractivity contribution < 1.29 is 9.90 Å². The zero-order chi connectivity index (χ0) is 20.2. The van der Waals surface area contributed by atoms with Gasteiger partial charge in [0, 0.05) is 41.2 Å². The van der Waals surface area contributed by atoms with E-state index in [2.05, 4.69) is 22.5 Å². The summed E-state index contributed by atoms with van der Waals surface area (Å²) >= 11 is 0. The van der Waals surface area contributed by atoms with Crippen molar-refractivity contribution in [2.75, 3.05) is 6.54 Å². The Morgan fingerprint density at radius 2 is 1.97 bits per heavy atom. The zero-order valence-electron chi connectivity index (χ0n) is 16.4. The summed E-state index contributed by atoms with van der Waals surface area (Å²) in [5.74, 6) is 0.240. The number of amides is 1. The molecule has 0 aliphatic carbocycles. The van der Waals surface area contributed by atoms with Crippen molar-refractivity contribution in [3.05, 3.63) is 77.5 Å². The number of aryl methyl sites for hydroxylation is 1. The third-order valence-electron chi connectivity index (χ3n) is 5.82. The molecule has 1 amide bonds. The van der Waals surface area contributed by atoms with Gasteiger partial charge in [-0.25, -0.2) is 0 Å². The molecule has 29 heavy (non-hydrogen) atoms. The molecule has 0 spiro atoms. The summed E-state index contributed by atoms with van der Waals surface area (Å²) < 4.78 is 0. The van der Waals surface area contributed by atoms with Gasteiger partial charge in [0.1, 0.15) is 5.75 Å². The van der Waals surface area contributed by atoms with Gasteiger partial charge >= 0.3 is 0 Å². The van der Waals surface area contributed by atoms with Crippen LogP contribution in [0.25, 0.3) is 10.9 Å². The van der Waals surface area contributed by atoms with E-state index in [1.165, 1.54) is 11.1 Å². The number of nitrogens with one attached hydrogen (secondary N) is 2. The van der Waals surface area contributed by atoms with Crippen molar-refractivity contribution in [1.82, 2.24) is 10.3 Å². The Bertz CT molecular complexity index is 1020. The molecule has 5 N–H and O–H groups in total. The number of benzene rings is 2. The van der Waals surface area contributed by atoms with Gasteiger partial charge in [0.15, 0.2) is 0 Å². The minimum Gasteiger partial charge on any atom is -0.508 e. The van der Waals surface area contributed by atoms with Crippen LogP contribution in [0.1, 0.15) is 46.7 Å². The minimum absolute atomic E-state index is 0.305. The van der Waals surface area contributed by atoms with E-state index in [1.54, 1.807) is 18.2 Å². The third-order valence-corrected chi connectivity index (χ3v) is 5.82. The van der Waals surface area contributed by atoms with Gasteiger partial charge in [0.25, 0.3) is 0 Å². The van der Waals surface area contributed by atoms with Gasteiger partial charge in [-0.15, -0.1) is 0 Å². The normalized spacial score (nSPS) is 18.9. The highest BCUT2D eigenvalue weighted by atomic mass is 16.3. The van der Waals surface area contributed by atoms with Crippen molar-refractivity contribution in [3.63, 3.8) is 0 Å². The van der Waals surface area contributed by atoms with Crippen LogP contribution in [0.15, 0.2) is 60.8 Å². The van der Waals surface area contributed by atoms with Crippen LogP contribution in [0.4, 0.5) is 0 Å². The van der Waals surface area contributed by atoms with Gasteiger partial charge in [-0.05, 0) is 54.7 Å².